The van der Waals surface area contributed by atoms with Gasteiger partial charge in [-0.15, -0.1) is 0 Å². The molecule has 1 unspecified atom stereocenters. The number of nitrogens with one attached hydrogen (secondary N) is 1. The highest BCUT2D eigenvalue weighted by atomic mass is 35.5. The molecule has 0 saturated heterocycles. The summed E-state index contributed by atoms with van der Waals surface area (Å²) in [6, 6.07) is 2.66. The number of carbonyl (C=O) groups is 2. The van der Waals surface area contributed by atoms with Crippen LogP contribution in [0.2, 0.25) is 5.02 Å². The summed E-state index contributed by atoms with van der Waals surface area (Å²) in [6.07, 6.45) is 0. The van der Waals surface area contributed by atoms with Crippen molar-refractivity contribution in [1.82, 2.24) is 5.32 Å². The number of nitrogens with two attached hydrogens (primary N) is 1. The Kier molecular flexibility index (Phi) is 5.72. The Morgan fingerprint density at radius 2 is 2.21 bits per heavy atom. The summed E-state index contributed by atoms with van der Waals surface area (Å²) < 4.78 is 17.5. The lowest BCUT2D eigenvalue weighted by atomic mass is 10.2. The summed E-state index contributed by atoms with van der Waals surface area (Å²) in [5, 5.41) is 2.40. The molecular weight excluding hydrogens is 275 g/mol. The normalized spacial score (nSPS) is 11.8. The standard InChI is InChI=1S/C12H14ClFN2O3/c1-2-19-12(18)10(15)11(17)16-6-7-3-4-9(14)8(13)5-7/h3-5,10H,2,6,15H2,1H3,(H,16,17). The number of halogens is 2. The zero-order valence-corrected chi connectivity index (χ0v) is 11.0. The monoisotopic (exact) mass is 288 g/mol. The second kappa shape index (κ2) is 7.06. The Morgan fingerprint density at radius 1 is 1.53 bits per heavy atom. The molecule has 1 aromatic carbocycles. The van der Waals surface area contributed by atoms with Crippen molar-refractivity contribution < 1.29 is 18.7 Å². The minimum absolute atomic E-state index is 0.0403. The number of amides is 1. The molecule has 0 spiro atoms. The van der Waals surface area contributed by atoms with Crippen LogP contribution in [-0.4, -0.2) is 24.5 Å². The lowest BCUT2D eigenvalue weighted by molar-refractivity contribution is -0.148. The first-order valence-electron chi connectivity index (χ1n) is 5.59. The van der Waals surface area contributed by atoms with Crippen LogP contribution < -0.4 is 11.1 Å². The SMILES string of the molecule is CCOC(=O)C(N)C(=O)NCc1ccc(F)c(Cl)c1. The van der Waals surface area contributed by atoms with Gasteiger partial charge < -0.3 is 15.8 Å². The molecule has 19 heavy (non-hydrogen) atoms. The first-order chi connectivity index (χ1) is 8.95. The third-order valence-electron chi connectivity index (χ3n) is 2.27. The van der Waals surface area contributed by atoms with E-state index >= 15 is 0 Å². The number of hydrogen-bond donors (Lipinski definition) is 2. The fraction of sp³-hybridized carbons (Fsp3) is 0.333. The molecule has 0 aliphatic carbocycles. The van der Waals surface area contributed by atoms with Crippen molar-refractivity contribution in [2.24, 2.45) is 5.73 Å². The maximum absolute atomic E-state index is 12.9. The number of rotatable bonds is 5. The van der Waals surface area contributed by atoms with Crippen LogP contribution in [0, 0.1) is 5.82 Å². The van der Waals surface area contributed by atoms with Crippen molar-refractivity contribution in [2.45, 2.75) is 19.5 Å². The minimum atomic E-state index is -1.38. The van der Waals surface area contributed by atoms with Crippen molar-refractivity contribution >= 4 is 23.5 Å². The molecule has 104 valence electrons. The molecule has 0 saturated carbocycles. The Morgan fingerprint density at radius 3 is 2.79 bits per heavy atom. The van der Waals surface area contributed by atoms with E-state index in [0.717, 1.165) is 0 Å². The second-order valence-corrected chi connectivity index (χ2v) is 4.10. The fourth-order valence-corrected chi connectivity index (χ4v) is 1.49. The van der Waals surface area contributed by atoms with E-state index in [4.69, 9.17) is 17.3 Å². The van der Waals surface area contributed by atoms with Crippen LogP contribution in [0.1, 0.15) is 12.5 Å². The summed E-state index contributed by atoms with van der Waals surface area (Å²) in [5.41, 5.74) is 5.99. The van der Waals surface area contributed by atoms with E-state index in [0.29, 0.717) is 5.56 Å². The van der Waals surface area contributed by atoms with Crippen molar-refractivity contribution in [3.8, 4) is 0 Å². The van der Waals surface area contributed by atoms with E-state index in [1.165, 1.54) is 18.2 Å². The molecule has 7 heteroatoms. The quantitative estimate of drug-likeness (QED) is 0.625. The van der Waals surface area contributed by atoms with Crippen LogP contribution >= 0.6 is 11.6 Å². The van der Waals surface area contributed by atoms with Crippen molar-refractivity contribution in [2.75, 3.05) is 6.61 Å². The highest BCUT2D eigenvalue weighted by Crippen LogP contribution is 2.15. The van der Waals surface area contributed by atoms with Crippen molar-refractivity contribution in [3.05, 3.63) is 34.6 Å². The number of benzene rings is 1. The summed E-state index contributed by atoms with van der Waals surface area (Å²) in [7, 11) is 0. The highest BCUT2D eigenvalue weighted by Gasteiger charge is 2.22. The molecule has 1 amide bonds. The Balaban J connectivity index is 2.54. The van der Waals surface area contributed by atoms with Crippen LogP contribution in [0.4, 0.5) is 4.39 Å². The lowest BCUT2D eigenvalue weighted by Crippen LogP contribution is -2.46. The van der Waals surface area contributed by atoms with Crippen LogP contribution in [0.3, 0.4) is 0 Å². The molecule has 1 aromatic rings. The number of carbonyl (C=O) groups excluding carboxylic acids is 2. The maximum Gasteiger partial charge on any atom is 0.332 e. The Hall–Kier alpha value is -1.66. The third kappa shape index (κ3) is 4.50. The van der Waals surface area contributed by atoms with E-state index in [2.05, 4.69) is 10.1 Å². The summed E-state index contributed by atoms with van der Waals surface area (Å²) >= 11 is 5.60. The van der Waals surface area contributed by atoms with Crippen LogP contribution in [0.25, 0.3) is 0 Å². The van der Waals surface area contributed by atoms with Gasteiger partial charge in [0.05, 0.1) is 11.6 Å². The van der Waals surface area contributed by atoms with Crippen molar-refractivity contribution in [3.63, 3.8) is 0 Å². The van der Waals surface area contributed by atoms with Gasteiger partial charge in [0.1, 0.15) is 5.82 Å². The zero-order valence-electron chi connectivity index (χ0n) is 10.3. The average Bonchev–Trinajstić information content (AvgIpc) is 2.39. The Bertz CT molecular complexity index is 482. The molecule has 0 heterocycles. The van der Waals surface area contributed by atoms with Gasteiger partial charge in [-0.2, -0.15) is 0 Å². The number of ether oxygens (including phenoxy) is 1. The van der Waals surface area contributed by atoms with E-state index < -0.39 is 23.7 Å². The molecule has 0 aliphatic rings. The predicted octanol–water partition coefficient (Wildman–Crippen LogP) is 0.986. The molecule has 0 aromatic heterocycles. The van der Waals surface area contributed by atoms with Gasteiger partial charge in [0.25, 0.3) is 0 Å². The molecule has 5 nitrogen and oxygen atoms in total. The largest absolute Gasteiger partial charge is 0.464 e. The zero-order chi connectivity index (χ0) is 14.4. The van der Waals surface area contributed by atoms with Crippen molar-refractivity contribution in [1.29, 1.82) is 0 Å². The smallest absolute Gasteiger partial charge is 0.332 e. The number of esters is 1. The fourth-order valence-electron chi connectivity index (χ4n) is 1.29. The van der Waals surface area contributed by atoms with Crippen LogP contribution in [-0.2, 0) is 20.9 Å². The third-order valence-corrected chi connectivity index (χ3v) is 2.56. The summed E-state index contributed by atoms with van der Waals surface area (Å²) in [6.45, 7) is 1.85. The molecule has 0 bridgehead atoms. The topological polar surface area (TPSA) is 81.4 Å². The maximum atomic E-state index is 12.9. The van der Waals surface area contributed by atoms with Gasteiger partial charge in [-0.3, -0.25) is 4.79 Å². The summed E-state index contributed by atoms with van der Waals surface area (Å²) in [5.74, 6) is -2.00. The lowest BCUT2D eigenvalue weighted by Gasteiger charge is -2.11. The number of hydrogen-bond acceptors (Lipinski definition) is 4. The highest BCUT2D eigenvalue weighted by molar-refractivity contribution is 6.30. The molecular formula is C12H14ClFN2O3. The van der Waals surface area contributed by atoms with E-state index in [9.17, 15) is 14.0 Å². The molecule has 0 radical (unpaired) electrons. The minimum Gasteiger partial charge on any atom is -0.464 e. The summed E-state index contributed by atoms with van der Waals surface area (Å²) in [4.78, 5) is 22.8. The van der Waals surface area contributed by atoms with Gasteiger partial charge in [0.2, 0.25) is 5.91 Å². The van der Waals surface area contributed by atoms with Gasteiger partial charge in [0, 0.05) is 6.54 Å². The van der Waals surface area contributed by atoms with E-state index in [1.54, 1.807) is 6.92 Å². The predicted molar refractivity (Wildman–Crippen MR) is 67.9 cm³/mol. The molecule has 1 atom stereocenters. The van der Waals surface area contributed by atoms with Gasteiger partial charge >= 0.3 is 5.97 Å². The van der Waals surface area contributed by atoms with Gasteiger partial charge in [-0.05, 0) is 24.6 Å². The first-order valence-corrected chi connectivity index (χ1v) is 5.97. The Labute approximate surface area is 114 Å². The molecule has 0 aliphatic heterocycles. The second-order valence-electron chi connectivity index (χ2n) is 3.70. The van der Waals surface area contributed by atoms with E-state index in [1.807, 2.05) is 0 Å². The van der Waals surface area contributed by atoms with Crippen LogP contribution in [0.15, 0.2) is 18.2 Å². The molecule has 1 rings (SSSR count). The van der Waals surface area contributed by atoms with Gasteiger partial charge in [0.15, 0.2) is 6.04 Å². The first kappa shape index (κ1) is 15.4. The van der Waals surface area contributed by atoms with Gasteiger partial charge in [-0.25, -0.2) is 9.18 Å². The van der Waals surface area contributed by atoms with Gasteiger partial charge in [-0.1, -0.05) is 17.7 Å². The molecule has 3 N–H and O–H groups in total. The van der Waals surface area contributed by atoms with E-state index in [-0.39, 0.29) is 18.2 Å². The molecule has 0 fully saturated rings. The van der Waals surface area contributed by atoms with Crippen LogP contribution in [0.5, 0.6) is 0 Å². The average molecular weight is 289 g/mol.